The quantitative estimate of drug-likeness (QED) is 0.250. The van der Waals surface area contributed by atoms with E-state index < -0.39 is 28.5 Å². The zero-order valence-corrected chi connectivity index (χ0v) is 26.3. The number of ketones is 1. The minimum atomic E-state index is -3.97. The second kappa shape index (κ2) is 14.7. The Balaban J connectivity index is 2.10. The number of rotatable bonds is 13. The summed E-state index contributed by atoms with van der Waals surface area (Å²) in [4.78, 5) is 41.2. The number of Topliss-reactive ketones (excluding diaryl/α,β-unsaturated/α-hetero) is 1. The van der Waals surface area contributed by atoms with Crippen molar-refractivity contribution in [1.82, 2.24) is 10.2 Å². The fourth-order valence-corrected chi connectivity index (χ4v) is 5.49. The lowest BCUT2D eigenvalue weighted by Gasteiger charge is -2.34. The summed E-state index contributed by atoms with van der Waals surface area (Å²) >= 11 is 12.4. The van der Waals surface area contributed by atoms with Crippen LogP contribution in [0.5, 0.6) is 0 Å². The Bertz CT molecular complexity index is 1530. The van der Waals surface area contributed by atoms with Gasteiger partial charge in [0.15, 0.2) is 5.78 Å². The zero-order valence-electron chi connectivity index (χ0n) is 24.0. The van der Waals surface area contributed by atoms with Crippen LogP contribution in [-0.2, 0) is 32.6 Å². The van der Waals surface area contributed by atoms with E-state index >= 15 is 0 Å². The summed E-state index contributed by atoms with van der Waals surface area (Å²) in [5.41, 5.74) is 1.90. The molecule has 0 aliphatic carbocycles. The van der Waals surface area contributed by atoms with Gasteiger partial charge in [0, 0.05) is 24.6 Å². The second-order valence-corrected chi connectivity index (χ2v) is 12.9. The minimum absolute atomic E-state index is 0.0355. The average Bonchev–Trinajstić information content (AvgIpc) is 2.95. The van der Waals surface area contributed by atoms with Crippen LogP contribution < -0.4 is 9.62 Å². The third-order valence-corrected chi connectivity index (χ3v) is 8.71. The highest BCUT2D eigenvalue weighted by Crippen LogP contribution is 2.25. The third-order valence-electron chi connectivity index (χ3n) is 6.83. The second-order valence-electron chi connectivity index (χ2n) is 10.2. The van der Waals surface area contributed by atoms with Gasteiger partial charge in [-0.3, -0.25) is 18.7 Å². The van der Waals surface area contributed by atoms with E-state index in [1.165, 1.54) is 24.0 Å². The highest BCUT2D eigenvalue weighted by molar-refractivity contribution is 7.92. The summed E-state index contributed by atoms with van der Waals surface area (Å²) in [7, 11) is -3.97. The summed E-state index contributed by atoms with van der Waals surface area (Å²) in [5, 5.41) is 3.59. The molecule has 1 N–H and O–H groups in total. The molecule has 0 fully saturated rings. The molecule has 0 aromatic heterocycles. The van der Waals surface area contributed by atoms with Crippen molar-refractivity contribution in [2.45, 2.75) is 52.2 Å². The molecule has 2 amide bonds. The number of sulfonamides is 1. The van der Waals surface area contributed by atoms with E-state index in [1.54, 1.807) is 30.3 Å². The molecule has 0 saturated heterocycles. The molecular weight excluding hydrogens is 597 g/mol. The number of benzene rings is 3. The zero-order chi connectivity index (χ0) is 31.0. The SMILES string of the molecule is CC[C@@H](C)NC(=O)[C@@H](Cc1ccccc1)N(Cc1ccc(Cl)c(Cl)c1)C(=O)CN(c1cccc(C(C)=O)c1)S(C)(=O)=O. The maximum absolute atomic E-state index is 14.2. The molecule has 42 heavy (non-hydrogen) atoms. The maximum atomic E-state index is 14.2. The van der Waals surface area contributed by atoms with Crippen molar-refractivity contribution in [1.29, 1.82) is 0 Å². The first-order valence-electron chi connectivity index (χ1n) is 13.5. The molecule has 0 aliphatic heterocycles. The van der Waals surface area contributed by atoms with E-state index in [4.69, 9.17) is 23.2 Å². The lowest BCUT2D eigenvalue weighted by atomic mass is 10.0. The number of anilines is 1. The van der Waals surface area contributed by atoms with Gasteiger partial charge in [-0.25, -0.2) is 8.42 Å². The van der Waals surface area contributed by atoms with E-state index in [0.29, 0.717) is 22.6 Å². The van der Waals surface area contributed by atoms with Gasteiger partial charge in [0.05, 0.1) is 22.0 Å². The molecule has 0 spiro atoms. The molecule has 11 heteroatoms. The molecule has 0 saturated carbocycles. The summed E-state index contributed by atoms with van der Waals surface area (Å²) in [6.07, 6.45) is 1.86. The molecule has 2 atom stereocenters. The van der Waals surface area contributed by atoms with Gasteiger partial charge in [0.2, 0.25) is 21.8 Å². The van der Waals surface area contributed by atoms with Gasteiger partial charge in [-0.1, -0.05) is 78.7 Å². The Labute approximate surface area is 257 Å². The number of amides is 2. The summed E-state index contributed by atoms with van der Waals surface area (Å²) in [6, 6.07) is 19.1. The van der Waals surface area contributed by atoms with Crippen LogP contribution in [-0.4, -0.2) is 55.8 Å². The summed E-state index contributed by atoms with van der Waals surface area (Å²) < 4.78 is 26.8. The Morgan fingerprint density at radius 1 is 0.905 bits per heavy atom. The van der Waals surface area contributed by atoms with E-state index in [2.05, 4.69) is 5.32 Å². The minimum Gasteiger partial charge on any atom is -0.352 e. The number of carbonyl (C=O) groups excluding carboxylic acids is 3. The lowest BCUT2D eigenvalue weighted by molar-refractivity contribution is -0.140. The summed E-state index contributed by atoms with van der Waals surface area (Å²) in [6.45, 7) is 4.55. The first-order chi connectivity index (χ1) is 19.8. The molecule has 0 aliphatic rings. The highest BCUT2D eigenvalue weighted by atomic mass is 35.5. The Kier molecular flexibility index (Phi) is 11.6. The maximum Gasteiger partial charge on any atom is 0.244 e. The van der Waals surface area contributed by atoms with Gasteiger partial charge in [0.1, 0.15) is 12.6 Å². The number of carbonyl (C=O) groups is 3. The molecule has 3 aromatic rings. The van der Waals surface area contributed by atoms with Crippen molar-refractivity contribution in [3.8, 4) is 0 Å². The van der Waals surface area contributed by atoms with Crippen molar-refractivity contribution in [2.75, 3.05) is 17.1 Å². The van der Waals surface area contributed by atoms with Crippen molar-refractivity contribution in [3.05, 3.63) is 99.5 Å². The van der Waals surface area contributed by atoms with Gasteiger partial charge >= 0.3 is 0 Å². The molecular formula is C31H35Cl2N3O5S. The molecule has 0 bridgehead atoms. The third kappa shape index (κ3) is 9.05. The predicted octanol–water partition coefficient (Wildman–Crippen LogP) is 5.52. The van der Waals surface area contributed by atoms with Crippen molar-refractivity contribution < 1.29 is 22.8 Å². The normalized spacial score (nSPS) is 12.7. The van der Waals surface area contributed by atoms with Gasteiger partial charge in [-0.15, -0.1) is 0 Å². The van der Waals surface area contributed by atoms with Crippen LogP contribution in [0.2, 0.25) is 10.0 Å². The van der Waals surface area contributed by atoms with Crippen molar-refractivity contribution >= 4 is 56.5 Å². The molecule has 8 nitrogen and oxygen atoms in total. The van der Waals surface area contributed by atoms with E-state index in [0.717, 1.165) is 16.1 Å². The molecule has 0 unspecified atom stereocenters. The molecule has 0 radical (unpaired) electrons. The molecule has 0 heterocycles. The van der Waals surface area contributed by atoms with Gasteiger partial charge < -0.3 is 10.2 Å². The molecule has 3 rings (SSSR count). The number of nitrogens with one attached hydrogen (secondary N) is 1. The lowest BCUT2D eigenvalue weighted by Crippen LogP contribution is -2.54. The summed E-state index contributed by atoms with van der Waals surface area (Å²) in [5.74, 6) is -1.23. The largest absolute Gasteiger partial charge is 0.352 e. The van der Waals surface area contributed by atoms with Crippen molar-refractivity contribution in [2.24, 2.45) is 0 Å². The predicted molar refractivity (Wildman–Crippen MR) is 167 cm³/mol. The fraction of sp³-hybridized carbons (Fsp3) is 0.323. The topological polar surface area (TPSA) is 104 Å². The van der Waals surface area contributed by atoms with Crippen LogP contribution in [0, 0.1) is 0 Å². The van der Waals surface area contributed by atoms with E-state index in [9.17, 15) is 22.8 Å². The first-order valence-corrected chi connectivity index (χ1v) is 16.1. The first kappa shape index (κ1) is 33.1. The van der Waals surface area contributed by atoms with Crippen LogP contribution in [0.1, 0.15) is 48.7 Å². The average molecular weight is 633 g/mol. The van der Waals surface area contributed by atoms with Gasteiger partial charge in [0.25, 0.3) is 0 Å². The molecule has 224 valence electrons. The van der Waals surface area contributed by atoms with Crippen LogP contribution in [0.25, 0.3) is 0 Å². The van der Waals surface area contributed by atoms with Crippen LogP contribution >= 0.6 is 23.2 Å². The monoisotopic (exact) mass is 631 g/mol. The number of hydrogen-bond donors (Lipinski definition) is 1. The Hall–Kier alpha value is -3.40. The van der Waals surface area contributed by atoms with Gasteiger partial charge in [-0.2, -0.15) is 0 Å². The fourth-order valence-electron chi connectivity index (χ4n) is 4.32. The Morgan fingerprint density at radius 3 is 2.19 bits per heavy atom. The number of hydrogen-bond acceptors (Lipinski definition) is 5. The van der Waals surface area contributed by atoms with Crippen LogP contribution in [0.3, 0.4) is 0 Å². The van der Waals surface area contributed by atoms with E-state index in [-0.39, 0.29) is 41.4 Å². The highest BCUT2D eigenvalue weighted by Gasteiger charge is 2.33. The number of nitrogens with zero attached hydrogens (tertiary/aromatic N) is 2. The van der Waals surface area contributed by atoms with E-state index in [1.807, 2.05) is 44.2 Å². The standard InChI is InChI=1S/C31H35Cl2N3O5S/c1-5-21(2)34-31(39)29(17-23-10-7-6-8-11-23)35(19-24-14-15-27(32)28(33)16-24)30(38)20-36(42(4,40)41)26-13-9-12-25(18-26)22(3)37/h6-16,18,21,29H,5,17,19-20H2,1-4H3,(H,34,39)/t21-,29-/m1/s1. The molecule has 3 aromatic carbocycles. The van der Waals surface area contributed by atoms with Gasteiger partial charge in [-0.05, 0) is 55.7 Å². The van der Waals surface area contributed by atoms with Crippen LogP contribution in [0.15, 0.2) is 72.8 Å². The smallest absolute Gasteiger partial charge is 0.244 e. The van der Waals surface area contributed by atoms with Crippen molar-refractivity contribution in [3.63, 3.8) is 0 Å². The Morgan fingerprint density at radius 2 is 1.60 bits per heavy atom. The number of halogens is 2. The van der Waals surface area contributed by atoms with Crippen LogP contribution in [0.4, 0.5) is 5.69 Å².